The van der Waals surface area contributed by atoms with Gasteiger partial charge < -0.3 is 10.6 Å². The van der Waals surface area contributed by atoms with E-state index in [4.69, 9.17) is 5.73 Å². The average molecular weight is 292 g/mol. The lowest BCUT2D eigenvalue weighted by molar-refractivity contribution is -0.118. The Balaban J connectivity index is 1.92. The molecule has 1 unspecified atom stereocenters. The van der Waals surface area contributed by atoms with E-state index in [1.807, 2.05) is 25.1 Å². The van der Waals surface area contributed by atoms with Crippen molar-refractivity contribution in [3.8, 4) is 0 Å². The Morgan fingerprint density at radius 1 is 1.42 bits per heavy atom. The number of carbonyl (C=O) groups excluding carboxylic acids is 1. The maximum atomic E-state index is 11.8. The van der Waals surface area contributed by atoms with Crippen LogP contribution >= 0.6 is 23.1 Å². The molecule has 3 rings (SSSR count). The van der Waals surface area contributed by atoms with Gasteiger partial charge in [-0.25, -0.2) is 0 Å². The average Bonchev–Trinajstić information content (AvgIpc) is 2.89. The van der Waals surface area contributed by atoms with Gasteiger partial charge in [-0.3, -0.25) is 4.79 Å². The molecule has 5 nitrogen and oxygen atoms in total. The van der Waals surface area contributed by atoms with Gasteiger partial charge in [0.05, 0.1) is 0 Å². The zero-order chi connectivity index (χ0) is 13.6. The van der Waals surface area contributed by atoms with Gasteiger partial charge in [-0.05, 0) is 19.1 Å². The number of carbonyl (C=O) groups is 1. The number of aryl methyl sites for hydroxylation is 1. The summed E-state index contributed by atoms with van der Waals surface area (Å²) in [7, 11) is 1.75. The number of amides is 1. The van der Waals surface area contributed by atoms with Crippen molar-refractivity contribution in [2.75, 3.05) is 11.9 Å². The molecule has 19 heavy (non-hydrogen) atoms. The molecule has 7 heteroatoms. The van der Waals surface area contributed by atoms with Gasteiger partial charge in [-0.2, -0.15) is 0 Å². The second-order valence-electron chi connectivity index (χ2n) is 4.28. The first-order valence-electron chi connectivity index (χ1n) is 5.71. The van der Waals surface area contributed by atoms with Crippen molar-refractivity contribution in [1.29, 1.82) is 0 Å². The molecule has 1 aromatic carbocycles. The maximum Gasteiger partial charge on any atom is 0.248 e. The van der Waals surface area contributed by atoms with Crippen molar-refractivity contribution < 1.29 is 4.79 Å². The monoisotopic (exact) mass is 292 g/mol. The van der Waals surface area contributed by atoms with Crippen LogP contribution < -0.4 is 10.6 Å². The van der Waals surface area contributed by atoms with Crippen LogP contribution in [-0.4, -0.2) is 23.2 Å². The summed E-state index contributed by atoms with van der Waals surface area (Å²) in [5.41, 5.74) is 7.63. The van der Waals surface area contributed by atoms with Gasteiger partial charge in [0.25, 0.3) is 0 Å². The summed E-state index contributed by atoms with van der Waals surface area (Å²) in [6, 6.07) is 5.31. The number of benzene rings is 1. The van der Waals surface area contributed by atoms with E-state index in [-0.39, 0.29) is 5.91 Å². The summed E-state index contributed by atoms with van der Waals surface area (Å²) in [4.78, 5) is 14.4. The first kappa shape index (κ1) is 12.6. The molecule has 0 saturated heterocycles. The predicted molar refractivity (Wildman–Crippen MR) is 75.5 cm³/mol. The van der Waals surface area contributed by atoms with Crippen LogP contribution in [0.3, 0.4) is 0 Å². The van der Waals surface area contributed by atoms with Gasteiger partial charge in [0, 0.05) is 23.2 Å². The molecular formula is C12H12N4OS2. The molecule has 2 aromatic rings. The van der Waals surface area contributed by atoms with E-state index in [1.54, 1.807) is 35.0 Å². The van der Waals surface area contributed by atoms with Gasteiger partial charge in [0.2, 0.25) is 5.91 Å². The molecule has 0 fully saturated rings. The van der Waals surface area contributed by atoms with Crippen LogP contribution in [0.4, 0.5) is 5.69 Å². The number of hydrogen-bond donors (Lipinski definition) is 1. The Bertz CT molecular complexity index is 655. The van der Waals surface area contributed by atoms with E-state index in [1.165, 1.54) is 0 Å². The van der Waals surface area contributed by atoms with E-state index >= 15 is 0 Å². The molecule has 1 aliphatic rings. The van der Waals surface area contributed by atoms with Crippen LogP contribution in [0.2, 0.25) is 0 Å². The minimum atomic E-state index is -0.539. The van der Waals surface area contributed by atoms with Crippen LogP contribution in [-0.2, 0) is 4.79 Å². The molecule has 0 spiro atoms. The summed E-state index contributed by atoms with van der Waals surface area (Å²) in [5, 5.41) is 9.01. The van der Waals surface area contributed by atoms with Gasteiger partial charge in [0.1, 0.15) is 11.0 Å². The number of rotatable bonds is 2. The van der Waals surface area contributed by atoms with Crippen molar-refractivity contribution in [2.24, 2.45) is 5.73 Å². The topological polar surface area (TPSA) is 72.1 Å². The fourth-order valence-electron chi connectivity index (χ4n) is 2.02. The zero-order valence-corrected chi connectivity index (χ0v) is 12.1. The summed E-state index contributed by atoms with van der Waals surface area (Å²) in [6.07, 6.45) is 0. The van der Waals surface area contributed by atoms with Crippen molar-refractivity contribution in [1.82, 2.24) is 10.2 Å². The van der Waals surface area contributed by atoms with Crippen molar-refractivity contribution in [3.63, 3.8) is 0 Å². The molecule has 0 saturated carbocycles. The molecule has 0 radical (unpaired) electrons. The molecule has 1 amide bonds. The largest absolute Gasteiger partial charge is 0.316 e. The third kappa shape index (κ3) is 2.13. The molecule has 2 heterocycles. The van der Waals surface area contributed by atoms with Crippen LogP contribution in [0.25, 0.3) is 0 Å². The van der Waals surface area contributed by atoms with Gasteiger partial charge >= 0.3 is 0 Å². The minimum absolute atomic E-state index is 0.0658. The summed E-state index contributed by atoms with van der Waals surface area (Å²) < 4.78 is 0.897. The first-order valence-corrected chi connectivity index (χ1v) is 7.34. The maximum absolute atomic E-state index is 11.8. The molecule has 0 bridgehead atoms. The molecule has 98 valence electrons. The van der Waals surface area contributed by atoms with Crippen LogP contribution in [0.15, 0.2) is 27.4 Å². The second-order valence-corrected chi connectivity index (χ2v) is 6.79. The molecular weight excluding hydrogens is 280 g/mol. The van der Waals surface area contributed by atoms with E-state index in [0.717, 1.165) is 25.5 Å². The smallest absolute Gasteiger partial charge is 0.248 e. The molecule has 0 aliphatic carbocycles. The lowest BCUT2D eigenvalue weighted by Crippen LogP contribution is -2.27. The van der Waals surface area contributed by atoms with Crippen molar-refractivity contribution in [2.45, 2.75) is 22.2 Å². The Kier molecular flexibility index (Phi) is 3.04. The number of likely N-dealkylation sites (N-methyl/N-ethyl adjacent to an activating group) is 1. The molecule has 1 aliphatic heterocycles. The number of fused-ring (bicyclic) bond motifs is 1. The highest BCUT2D eigenvalue weighted by molar-refractivity contribution is 8.01. The van der Waals surface area contributed by atoms with E-state index < -0.39 is 6.04 Å². The summed E-state index contributed by atoms with van der Waals surface area (Å²) >= 11 is 3.10. The fourth-order valence-corrected chi connectivity index (χ4v) is 3.84. The highest BCUT2D eigenvalue weighted by atomic mass is 32.2. The first-order chi connectivity index (χ1) is 9.06. The number of nitrogens with two attached hydrogens (primary N) is 1. The normalized spacial score (nSPS) is 17.9. The highest BCUT2D eigenvalue weighted by Gasteiger charge is 2.32. The Morgan fingerprint density at radius 2 is 2.21 bits per heavy atom. The zero-order valence-electron chi connectivity index (χ0n) is 10.5. The lowest BCUT2D eigenvalue weighted by atomic mass is 10.1. The van der Waals surface area contributed by atoms with Crippen LogP contribution in [0, 0.1) is 6.92 Å². The summed E-state index contributed by atoms with van der Waals surface area (Å²) in [5.74, 6) is -0.0658. The number of hydrogen-bond acceptors (Lipinski definition) is 6. The molecule has 1 atom stereocenters. The van der Waals surface area contributed by atoms with Crippen LogP contribution in [0.5, 0.6) is 0 Å². The summed E-state index contributed by atoms with van der Waals surface area (Å²) in [6.45, 7) is 1.93. The molecule has 2 N–H and O–H groups in total. The number of nitrogens with zero attached hydrogens (tertiary/aromatic N) is 3. The number of aromatic nitrogens is 2. The molecule has 1 aromatic heterocycles. The lowest BCUT2D eigenvalue weighted by Gasteiger charge is -2.10. The quantitative estimate of drug-likeness (QED) is 0.916. The van der Waals surface area contributed by atoms with Crippen molar-refractivity contribution >= 4 is 34.7 Å². The number of anilines is 1. The van der Waals surface area contributed by atoms with Crippen molar-refractivity contribution in [3.05, 3.63) is 28.8 Å². The Hall–Kier alpha value is -1.44. The Labute approximate surface area is 118 Å². The van der Waals surface area contributed by atoms with Gasteiger partial charge in [-0.1, -0.05) is 29.2 Å². The standard InChI is InChI=1S/C12H12N4OS2/c1-6-14-15-12(18-6)19-7-3-4-8-9(5-7)16(2)11(17)10(8)13/h3-5,10H,13H2,1-2H3. The third-order valence-corrected chi connectivity index (χ3v) is 4.89. The second kappa shape index (κ2) is 4.59. The SMILES string of the molecule is Cc1nnc(Sc2ccc3c(c2)N(C)C(=O)C3N)s1. The van der Waals surface area contributed by atoms with Crippen LogP contribution in [0.1, 0.15) is 16.6 Å². The Morgan fingerprint density at radius 3 is 2.89 bits per heavy atom. The highest BCUT2D eigenvalue weighted by Crippen LogP contribution is 2.38. The van der Waals surface area contributed by atoms with E-state index in [2.05, 4.69) is 10.2 Å². The minimum Gasteiger partial charge on any atom is -0.316 e. The van der Waals surface area contributed by atoms with Gasteiger partial charge in [0.15, 0.2) is 4.34 Å². The third-order valence-electron chi connectivity index (χ3n) is 3.01. The van der Waals surface area contributed by atoms with E-state index in [9.17, 15) is 4.79 Å². The predicted octanol–water partition coefficient (Wildman–Crippen LogP) is 1.97. The van der Waals surface area contributed by atoms with E-state index in [0.29, 0.717) is 0 Å². The fraction of sp³-hybridized carbons (Fsp3) is 0.250. The van der Waals surface area contributed by atoms with Gasteiger partial charge in [-0.15, -0.1) is 10.2 Å².